The maximum atomic E-state index is 13.8. The molecule has 2 saturated heterocycles. The molecule has 36 heavy (non-hydrogen) atoms. The fourth-order valence-corrected chi connectivity index (χ4v) is 7.13. The van der Waals surface area contributed by atoms with Gasteiger partial charge >= 0.3 is 6.03 Å². The SMILES string of the molecule is CN(C)C1(c2ccccc2)CCC2(CC1)CN(CC(=O)N1CCCC1C(N)=O)C(=O)N2CC1CCC1. The summed E-state index contributed by atoms with van der Waals surface area (Å²) in [6.45, 7) is 1.94. The van der Waals surface area contributed by atoms with Crippen LogP contribution < -0.4 is 5.73 Å². The number of carbonyl (C=O) groups excluding carboxylic acids is 3. The fraction of sp³-hybridized carbons (Fsp3) is 0.679. The number of carbonyl (C=O) groups is 3. The van der Waals surface area contributed by atoms with Crippen LogP contribution in [-0.2, 0) is 15.1 Å². The highest BCUT2D eigenvalue weighted by molar-refractivity contribution is 5.90. The molecule has 4 fully saturated rings. The second-order valence-corrected chi connectivity index (χ2v) is 11.7. The topological polar surface area (TPSA) is 90.2 Å². The lowest BCUT2D eigenvalue weighted by Crippen LogP contribution is -2.56. The van der Waals surface area contributed by atoms with Crippen LogP contribution in [0.2, 0.25) is 0 Å². The Labute approximate surface area is 214 Å². The zero-order valence-corrected chi connectivity index (χ0v) is 21.8. The normalized spacial score (nSPS) is 30.9. The van der Waals surface area contributed by atoms with Gasteiger partial charge in [0.05, 0.1) is 5.54 Å². The molecule has 8 nitrogen and oxygen atoms in total. The van der Waals surface area contributed by atoms with E-state index in [1.807, 2.05) is 0 Å². The van der Waals surface area contributed by atoms with Crippen LogP contribution in [-0.4, -0.2) is 89.3 Å². The molecular formula is C28H41N5O3. The number of nitrogens with two attached hydrogens (primary N) is 1. The molecule has 2 saturated carbocycles. The van der Waals surface area contributed by atoms with E-state index in [-0.39, 0.29) is 29.6 Å². The second kappa shape index (κ2) is 9.69. The number of amides is 4. The Hall–Kier alpha value is -2.61. The average Bonchev–Trinajstić information content (AvgIpc) is 3.42. The maximum Gasteiger partial charge on any atom is 0.321 e. The van der Waals surface area contributed by atoms with Gasteiger partial charge in [0.2, 0.25) is 11.8 Å². The minimum Gasteiger partial charge on any atom is -0.368 e. The maximum absolute atomic E-state index is 13.8. The van der Waals surface area contributed by atoms with E-state index < -0.39 is 11.9 Å². The van der Waals surface area contributed by atoms with E-state index in [4.69, 9.17) is 5.73 Å². The number of rotatable bonds is 7. The smallest absolute Gasteiger partial charge is 0.321 e. The van der Waals surface area contributed by atoms with Gasteiger partial charge in [0.1, 0.15) is 12.6 Å². The summed E-state index contributed by atoms with van der Waals surface area (Å²) in [4.78, 5) is 46.6. The van der Waals surface area contributed by atoms with Crippen molar-refractivity contribution in [2.45, 2.75) is 74.9 Å². The summed E-state index contributed by atoms with van der Waals surface area (Å²) >= 11 is 0. The molecule has 0 bridgehead atoms. The molecule has 0 radical (unpaired) electrons. The number of primary amides is 1. The van der Waals surface area contributed by atoms with Crippen LogP contribution in [0.3, 0.4) is 0 Å². The van der Waals surface area contributed by atoms with E-state index in [1.54, 1.807) is 9.80 Å². The van der Waals surface area contributed by atoms with Crippen molar-refractivity contribution < 1.29 is 14.4 Å². The predicted molar refractivity (Wildman–Crippen MR) is 138 cm³/mol. The van der Waals surface area contributed by atoms with Gasteiger partial charge in [0, 0.05) is 25.2 Å². The van der Waals surface area contributed by atoms with E-state index in [9.17, 15) is 14.4 Å². The van der Waals surface area contributed by atoms with Crippen LogP contribution >= 0.6 is 0 Å². The molecule has 2 aliphatic heterocycles. The lowest BCUT2D eigenvalue weighted by Gasteiger charge is -2.51. The van der Waals surface area contributed by atoms with Gasteiger partial charge in [-0.25, -0.2) is 4.79 Å². The minimum atomic E-state index is -0.545. The van der Waals surface area contributed by atoms with Crippen LogP contribution in [0.4, 0.5) is 4.79 Å². The van der Waals surface area contributed by atoms with Gasteiger partial charge in [0.25, 0.3) is 0 Å². The molecular weight excluding hydrogens is 454 g/mol. The van der Waals surface area contributed by atoms with Crippen molar-refractivity contribution in [3.05, 3.63) is 35.9 Å². The molecule has 2 N–H and O–H groups in total. The molecule has 1 spiro atoms. The number of urea groups is 1. The molecule has 1 unspecified atom stereocenters. The number of hydrogen-bond acceptors (Lipinski definition) is 4. The van der Waals surface area contributed by atoms with Crippen LogP contribution in [0, 0.1) is 5.92 Å². The van der Waals surface area contributed by atoms with Crippen molar-refractivity contribution in [3.63, 3.8) is 0 Å². The van der Waals surface area contributed by atoms with Gasteiger partial charge in [-0.15, -0.1) is 0 Å². The number of likely N-dealkylation sites (tertiary alicyclic amines) is 1. The molecule has 196 valence electrons. The molecule has 8 heteroatoms. The summed E-state index contributed by atoms with van der Waals surface area (Å²) < 4.78 is 0. The third-order valence-corrected chi connectivity index (χ3v) is 9.63. The van der Waals surface area contributed by atoms with Gasteiger partial charge in [-0.3, -0.25) is 14.5 Å². The Bertz CT molecular complexity index is 984. The quantitative estimate of drug-likeness (QED) is 0.630. The summed E-state index contributed by atoms with van der Waals surface area (Å²) in [7, 11) is 4.32. The summed E-state index contributed by atoms with van der Waals surface area (Å²) in [6.07, 6.45) is 8.75. The first-order valence-corrected chi connectivity index (χ1v) is 13.6. The van der Waals surface area contributed by atoms with Crippen LogP contribution in [0.5, 0.6) is 0 Å². The largest absolute Gasteiger partial charge is 0.368 e. The monoisotopic (exact) mass is 495 g/mol. The third-order valence-electron chi connectivity index (χ3n) is 9.63. The fourth-order valence-electron chi connectivity index (χ4n) is 7.13. The van der Waals surface area contributed by atoms with Gasteiger partial charge in [0.15, 0.2) is 0 Å². The van der Waals surface area contributed by atoms with Gasteiger partial charge in [-0.05, 0) is 76.9 Å². The molecule has 1 aromatic rings. The van der Waals surface area contributed by atoms with Crippen molar-refractivity contribution in [2.24, 2.45) is 11.7 Å². The summed E-state index contributed by atoms with van der Waals surface area (Å²) in [5.74, 6) is -0.0492. The van der Waals surface area contributed by atoms with Gasteiger partial charge in [-0.1, -0.05) is 36.8 Å². The Morgan fingerprint density at radius 3 is 2.31 bits per heavy atom. The van der Waals surface area contributed by atoms with Crippen molar-refractivity contribution in [2.75, 3.05) is 40.3 Å². The van der Waals surface area contributed by atoms with E-state index in [2.05, 4.69) is 54.2 Å². The molecule has 1 atom stereocenters. The summed E-state index contributed by atoms with van der Waals surface area (Å²) in [5.41, 5.74) is 6.58. The number of nitrogens with zero attached hydrogens (tertiary/aromatic N) is 4. The Morgan fingerprint density at radius 2 is 1.72 bits per heavy atom. The average molecular weight is 496 g/mol. The first kappa shape index (κ1) is 25.1. The third kappa shape index (κ3) is 4.27. The second-order valence-electron chi connectivity index (χ2n) is 11.7. The van der Waals surface area contributed by atoms with Crippen LogP contribution in [0.25, 0.3) is 0 Å². The summed E-state index contributed by atoms with van der Waals surface area (Å²) in [5, 5.41) is 0. The molecule has 4 aliphatic rings. The zero-order valence-electron chi connectivity index (χ0n) is 21.8. The lowest BCUT2D eigenvalue weighted by atomic mass is 9.68. The first-order chi connectivity index (χ1) is 17.3. The molecule has 0 aromatic heterocycles. The Morgan fingerprint density at radius 1 is 1.03 bits per heavy atom. The van der Waals surface area contributed by atoms with E-state index >= 15 is 0 Å². The van der Waals surface area contributed by atoms with E-state index in [0.29, 0.717) is 25.4 Å². The highest BCUT2D eigenvalue weighted by atomic mass is 16.2. The van der Waals surface area contributed by atoms with E-state index in [0.717, 1.165) is 38.6 Å². The highest BCUT2D eigenvalue weighted by Gasteiger charge is 2.55. The molecule has 2 aliphatic carbocycles. The standard InChI is InChI=1S/C28H41N5O3/c1-30(2)28(22-10-4-3-5-11-22)15-13-27(14-16-28)20-31(26(36)33(27)18-21-8-6-9-21)19-24(34)32-17-7-12-23(32)25(29)35/h3-5,10-11,21,23H,6-9,12-20H2,1-2H3,(H2,29,35). The van der Waals surface area contributed by atoms with Crippen molar-refractivity contribution >= 4 is 17.8 Å². The van der Waals surface area contributed by atoms with Crippen molar-refractivity contribution in [3.8, 4) is 0 Å². The summed E-state index contributed by atoms with van der Waals surface area (Å²) in [6, 6.07) is 10.2. The van der Waals surface area contributed by atoms with Crippen molar-refractivity contribution in [1.29, 1.82) is 0 Å². The number of benzene rings is 1. The first-order valence-electron chi connectivity index (χ1n) is 13.6. The minimum absolute atomic E-state index is 0.0119. The molecule has 5 rings (SSSR count). The van der Waals surface area contributed by atoms with Gasteiger partial charge < -0.3 is 20.4 Å². The lowest BCUT2D eigenvalue weighted by molar-refractivity contribution is -0.137. The predicted octanol–water partition coefficient (Wildman–Crippen LogP) is 2.77. The van der Waals surface area contributed by atoms with E-state index in [1.165, 1.54) is 24.8 Å². The Balaban J connectivity index is 1.36. The van der Waals surface area contributed by atoms with Crippen LogP contribution in [0.1, 0.15) is 63.4 Å². The highest BCUT2D eigenvalue weighted by Crippen LogP contribution is 2.49. The zero-order chi connectivity index (χ0) is 25.5. The Kier molecular flexibility index (Phi) is 6.74. The number of hydrogen-bond donors (Lipinski definition) is 1. The molecule has 2 heterocycles. The van der Waals surface area contributed by atoms with Crippen molar-refractivity contribution in [1.82, 2.24) is 19.6 Å². The molecule has 1 aromatic carbocycles. The van der Waals surface area contributed by atoms with Gasteiger partial charge in [-0.2, -0.15) is 0 Å². The van der Waals surface area contributed by atoms with Crippen LogP contribution in [0.15, 0.2) is 30.3 Å². The molecule has 4 amide bonds.